The summed E-state index contributed by atoms with van der Waals surface area (Å²) in [6.45, 7) is 11.1. The largest absolute Gasteiger partial charge is 0.494 e. The highest BCUT2D eigenvalue weighted by molar-refractivity contribution is 6.00. The first kappa shape index (κ1) is 24.7. The standard InChI is InChI=1S/C29H41N3O2/c1-3-9-26-12-7-17-31(26)18-8-23-34-28-15-13-25(14-16-28)29(33)24(2)30-19-21-32(22-20-30)27-10-5-4-6-11-27/h4-6,10-11,13-16,24,26H,3,7-9,12,17-23H2,1-2H3. The van der Waals surface area contributed by atoms with Crippen molar-refractivity contribution in [1.82, 2.24) is 9.80 Å². The van der Waals surface area contributed by atoms with Gasteiger partial charge in [0, 0.05) is 50.0 Å². The molecular formula is C29H41N3O2. The van der Waals surface area contributed by atoms with E-state index < -0.39 is 0 Å². The Morgan fingerprint density at radius 1 is 1.00 bits per heavy atom. The van der Waals surface area contributed by atoms with Gasteiger partial charge in [-0.05, 0) is 75.5 Å². The van der Waals surface area contributed by atoms with Gasteiger partial charge >= 0.3 is 0 Å². The highest BCUT2D eigenvalue weighted by atomic mass is 16.5. The molecule has 2 aliphatic heterocycles. The van der Waals surface area contributed by atoms with Crippen LogP contribution in [0.15, 0.2) is 54.6 Å². The molecule has 4 rings (SSSR count). The molecule has 0 amide bonds. The van der Waals surface area contributed by atoms with Gasteiger partial charge in [-0.25, -0.2) is 0 Å². The summed E-state index contributed by atoms with van der Waals surface area (Å²) >= 11 is 0. The summed E-state index contributed by atoms with van der Waals surface area (Å²) in [6, 6.07) is 18.9. The van der Waals surface area contributed by atoms with Crippen molar-refractivity contribution in [3.05, 3.63) is 60.2 Å². The van der Waals surface area contributed by atoms with Crippen molar-refractivity contribution in [3.8, 4) is 5.75 Å². The monoisotopic (exact) mass is 463 g/mol. The molecule has 2 atom stereocenters. The average Bonchev–Trinajstić information content (AvgIpc) is 3.34. The second-order valence-electron chi connectivity index (χ2n) is 9.75. The number of piperazine rings is 1. The average molecular weight is 464 g/mol. The zero-order chi connectivity index (χ0) is 23.8. The van der Waals surface area contributed by atoms with E-state index in [-0.39, 0.29) is 11.8 Å². The van der Waals surface area contributed by atoms with Crippen LogP contribution in [0.3, 0.4) is 0 Å². The molecule has 2 unspecified atom stereocenters. The second-order valence-corrected chi connectivity index (χ2v) is 9.75. The zero-order valence-corrected chi connectivity index (χ0v) is 21.0. The minimum atomic E-state index is -0.110. The van der Waals surface area contributed by atoms with Gasteiger partial charge in [-0.2, -0.15) is 0 Å². The van der Waals surface area contributed by atoms with Crippen LogP contribution in [0, 0.1) is 0 Å². The van der Waals surface area contributed by atoms with Gasteiger partial charge in [0.05, 0.1) is 12.6 Å². The Balaban J connectivity index is 1.20. The molecule has 2 aliphatic rings. The summed E-state index contributed by atoms with van der Waals surface area (Å²) in [5.74, 6) is 1.04. The minimum Gasteiger partial charge on any atom is -0.494 e. The third-order valence-electron chi connectivity index (χ3n) is 7.48. The molecule has 0 radical (unpaired) electrons. The van der Waals surface area contributed by atoms with E-state index in [2.05, 4.69) is 45.9 Å². The molecule has 5 nitrogen and oxygen atoms in total. The van der Waals surface area contributed by atoms with Gasteiger partial charge in [0.25, 0.3) is 0 Å². The van der Waals surface area contributed by atoms with Crippen LogP contribution < -0.4 is 9.64 Å². The molecular weight excluding hydrogens is 422 g/mol. The Kier molecular flexibility index (Phi) is 9.00. The molecule has 0 saturated carbocycles. The normalized spacial score (nSPS) is 20.4. The Bertz CT molecular complexity index is 878. The lowest BCUT2D eigenvalue weighted by Crippen LogP contribution is -2.51. The fourth-order valence-corrected chi connectivity index (χ4v) is 5.44. The second kappa shape index (κ2) is 12.4. The summed E-state index contributed by atoms with van der Waals surface area (Å²) in [5, 5.41) is 0. The number of rotatable bonds is 11. The molecule has 2 heterocycles. The number of ketones is 1. The molecule has 2 fully saturated rings. The van der Waals surface area contributed by atoms with Gasteiger partial charge in [0.2, 0.25) is 0 Å². The van der Waals surface area contributed by atoms with Crippen molar-refractivity contribution in [3.63, 3.8) is 0 Å². The first-order valence-corrected chi connectivity index (χ1v) is 13.2. The maximum Gasteiger partial charge on any atom is 0.179 e. The molecule has 0 aliphatic carbocycles. The minimum absolute atomic E-state index is 0.110. The first-order valence-electron chi connectivity index (χ1n) is 13.2. The van der Waals surface area contributed by atoms with Crippen LogP contribution in [0.2, 0.25) is 0 Å². The van der Waals surface area contributed by atoms with Gasteiger partial charge in [-0.1, -0.05) is 31.5 Å². The molecule has 0 bridgehead atoms. The van der Waals surface area contributed by atoms with Crippen LogP contribution in [0.1, 0.15) is 56.3 Å². The molecule has 5 heteroatoms. The Hall–Kier alpha value is -2.37. The number of benzene rings is 2. The number of likely N-dealkylation sites (tertiary alicyclic amines) is 1. The van der Waals surface area contributed by atoms with Crippen molar-refractivity contribution >= 4 is 11.5 Å². The Labute approximate surface area is 205 Å². The van der Waals surface area contributed by atoms with E-state index in [4.69, 9.17) is 4.74 Å². The number of anilines is 1. The van der Waals surface area contributed by atoms with Crippen molar-refractivity contribution in [1.29, 1.82) is 0 Å². The maximum absolute atomic E-state index is 13.1. The summed E-state index contributed by atoms with van der Waals surface area (Å²) < 4.78 is 5.97. The SMILES string of the molecule is CCCC1CCCN1CCCOc1ccc(C(=O)C(C)N2CCN(c3ccccc3)CC2)cc1. The van der Waals surface area contributed by atoms with Crippen molar-refractivity contribution in [2.24, 2.45) is 0 Å². The van der Waals surface area contributed by atoms with E-state index in [1.165, 1.54) is 37.9 Å². The van der Waals surface area contributed by atoms with Gasteiger partial charge in [0.1, 0.15) is 5.75 Å². The van der Waals surface area contributed by atoms with E-state index in [1.807, 2.05) is 37.3 Å². The number of Topliss-reactive ketones (excluding diaryl/α,β-unsaturated/α-hetero) is 1. The van der Waals surface area contributed by atoms with Crippen LogP contribution in [0.4, 0.5) is 5.69 Å². The third-order valence-corrected chi connectivity index (χ3v) is 7.48. The number of ether oxygens (including phenoxy) is 1. The Morgan fingerprint density at radius 3 is 2.44 bits per heavy atom. The van der Waals surface area contributed by atoms with Crippen LogP contribution in [0.5, 0.6) is 5.75 Å². The fraction of sp³-hybridized carbons (Fsp3) is 0.552. The Morgan fingerprint density at radius 2 is 1.74 bits per heavy atom. The predicted molar refractivity (Wildman–Crippen MR) is 140 cm³/mol. The lowest BCUT2D eigenvalue weighted by atomic mass is 10.0. The van der Waals surface area contributed by atoms with Crippen LogP contribution in [-0.4, -0.2) is 73.5 Å². The van der Waals surface area contributed by atoms with Gasteiger partial charge in [0.15, 0.2) is 5.78 Å². The van der Waals surface area contributed by atoms with Crippen molar-refractivity contribution < 1.29 is 9.53 Å². The highest BCUT2D eigenvalue weighted by Crippen LogP contribution is 2.22. The molecule has 2 aromatic carbocycles. The number of nitrogens with zero attached hydrogens (tertiary/aromatic N) is 3. The lowest BCUT2D eigenvalue weighted by molar-refractivity contribution is 0.0830. The van der Waals surface area contributed by atoms with E-state index >= 15 is 0 Å². The molecule has 0 N–H and O–H groups in total. The first-order chi connectivity index (χ1) is 16.7. The van der Waals surface area contributed by atoms with E-state index in [0.717, 1.165) is 63.1 Å². The summed E-state index contributed by atoms with van der Waals surface area (Å²) in [7, 11) is 0. The number of para-hydroxylation sites is 1. The lowest BCUT2D eigenvalue weighted by Gasteiger charge is -2.38. The highest BCUT2D eigenvalue weighted by Gasteiger charge is 2.26. The van der Waals surface area contributed by atoms with E-state index in [9.17, 15) is 4.79 Å². The summed E-state index contributed by atoms with van der Waals surface area (Å²) in [4.78, 5) is 20.4. The van der Waals surface area contributed by atoms with E-state index in [0.29, 0.717) is 0 Å². The molecule has 0 aromatic heterocycles. The number of hydrogen-bond donors (Lipinski definition) is 0. The van der Waals surface area contributed by atoms with Gasteiger partial charge < -0.3 is 14.5 Å². The van der Waals surface area contributed by atoms with E-state index in [1.54, 1.807) is 0 Å². The van der Waals surface area contributed by atoms with Gasteiger partial charge in [-0.15, -0.1) is 0 Å². The number of carbonyl (C=O) groups is 1. The molecule has 0 spiro atoms. The molecule has 2 saturated heterocycles. The fourth-order valence-electron chi connectivity index (χ4n) is 5.44. The smallest absolute Gasteiger partial charge is 0.179 e. The number of carbonyl (C=O) groups excluding carboxylic acids is 1. The topological polar surface area (TPSA) is 36.0 Å². The van der Waals surface area contributed by atoms with Crippen LogP contribution in [-0.2, 0) is 0 Å². The molecule has 34 heavy (non-hydrogen) atoms. The summed E-state index contributed by atoms with van der Waals surface area (Å²) in [6.07, 6.45) is 6.32. The molecule has 184 valence electrons. The third kappa shape index (κ3) is 6.39. The predicted octanol–water partition coefficient (Wildman–Crippen LogP) is 5.11. The number of hydrogen-bond acceptors (Lipinski definition) is 5. The van der Waals surface area contributed by atoms with Crippen molar-refractivity contribution in [2.75, 3.05) is 50.8 Å². The van der Waals surface area contributed by atoms with Crippen molar-refractivity contribution in [2.45, 2.75) is 58.0 Å². The molecule has 2 aromatic rings. The van der Waals surface area contributed by atoms with Gasteiger partial charge in [-0.3, -0.25) is 9.69 Å². The zero-order valence-electron chi connectivity index (χ0n) is 21.0. The summed E-state index contributed by atoms with van der Waals surface area (Å²) in [5.41, 5.74) is 2.03. The quantitative estimate of drug-likeness (QED) is 0.342. The van der Waals surface area contributed by atoms with Crippen LogP contribution in [0.25, 0.3) is 0 Å². The maximum atomic E-state index is 13.1. The van der Waals surface area contributed by atoms with Crippen LogP contribution >= 0.6 is 0 Å².